The van der Waals surface area contributed by atoms with E-state index in [1.165, 1.54) is 0 Å². The van der Waals surface area contributed by atoms with E-state index < -0.39 is 0 Å². The highest BCUT2D eigenvalue weighted by Crippen LogP contribution is 2.20. The Bertz CT molecular complexity index is 122. The Morgan fingerprint density at radius 1 is 1.56 bits per heavy atom. The van der Waals surface area contributed by atoms with Gasteiger partial charge in [0.2, 0.25) is 0 Å². The molecule has 2 heteroatoms. The Hall–Kier alpha value is 0.0500. The first-order chi connectivity index (χ1) is 4.20. The van der Waals surface area contributed by atoms with Gasteiger partial charge in [-0.3, -0.25) is 0 Å². The molecule has 1 rings (SSSR count). The average molecular weight is 143 g/mol. The third-order valence-electron chi connectivity index (χ3n) is 1.72. The van der Waals surface area contributed by atoms with Gasteiger partial charge in [-0.1, -0.05) is 19.1 Å². The lowest BCUT2D eigenvalue weighted by atomic mass is 9.94. The van der Waals surface area contributed by atoms with Crippen molar-refractivity contribution in [3.63, 3.8) is 0 Å². The molecule has 0 radical (unpaired) electrons. The van der Waals surface area contributed by atoms with Crippen LogP contribution in [0, 0.1) is 5.92 Å². The summed E-state index contributed by atoms with van der Waals surface area (Å²) in [6.45, 7) is 2.19. The molecule has 52 valence electrons. The maximum Gasteiger partial charge on any atom is 0.0342 e. The zero-order chi connectivity index (χ0) is 6.85. The maximum absolute atomic E-state index is 5.68. The molecule has 0 aliphatic heterocycles. The molecule has 3 atom stereocenters. The van der Waals surface area contributed by atoms with E-state index in [4.69, 9.17) is 5.73 Å². The molecule has 0 spiro atoms. The molecule has 1 aliphatic carbocycles. The van der Waals surface area contributed by atoms with Crippen molar-refractivity contribution in [1.29, 1.82) is 0 Å². The fourth-order valence-corrected chi connectivity index (χ4v) is 1.49. The highest BCUT2D eigenvalue weighted by atomic mass is 32.1. The predicted molar refractivity (Wildman–Crippen MR) is 43.7 cm³/mol. The summed E-state index contributed by atoms with van der Waals surface area (Å²) in [6.07, 6.45) is 5.32. The Morgan fingerprint density at radius 2 is 2.22 bits per heavy atom. The molecule has 0 saturated heterocycles. The summed E-state index contributed by atoms with van der Waals surface area (Å²) < 4.78 is 0. The first-order valence-corrected chi connectivity index (χ1v) is 3.84. The van der Waals surface area contributed by atoms with Crippen molar-refractivity contribution in [1.82, 2.24) is 0 Å². The van der Waals surface area contributed by atoms with Crippen LogP contribution in [-0.4, -0.2) is 11.3 Å². The zero-order valence-corrected chi connectivity index (χ0v) is 6.51. The largest absolute Gasteiger partial charge is 0.324 e. The van der Waals surface area contributed by atoms with Gasteiger partial charge >= 0.3 is 0 Å². The first-order valence-electron chi connectivity index (χ1n) is 3.32. The molecule has 0 aromatic rings. The van der Waals surface area contributed by atoms with Gasteiger partial charge in [0.05, 0.1) is 0 Å². The standard InChI is InChI=1S/C7H13NS/c1-5-2-3-6(8)7(9)4-5/h2-3,5-7,9H,4,8H2,1H3. The van der Waals surface area contributed by atoms with Gasteiger partial charge in [-0.05, 0) is 12.3 Å². The quantitative estimate of drug-likeness (QED) is 0.387. The predicted octanol–water partition coefficient (Wildman–Crippen LogP) is 1.21. The van der Waals surface area contributed by atoms with Gasteiger partial charge in [0.15, 0.2) is 0 Å². The van der Waals surface area contributed by atoms with Crippen molar-refractivity contribution in [2.75, 3.05) is 0 Å². The van der Waals surface area contributed by atoms with Gasteiger partial charge in [0.25, 0.3) is 0 Å². The summed E-state index contributed by atoms with van der Waals surface area (Å²) in [6, 6.07) is 0.171. The molecule has 2 N–H and O–H groups in total. The lowest BCUT2D eigenvalue weighted by Gasteiger charge is -2.23. The molecule has 0 heterocycles. The average Bonchev–Trinajstić information content (AvgIpc) is 1.80. The van der Waals surface area contributed by atoms with Crippen LogP contribution in [0.4, 0.5) is 0 Å². The van der Waals surface area contributed by atoms with Crippen LogP contribution in [0.5, 0.6) is 0 Å². The summed E-state index contributed by atoms with van der Waals surface area (Å²) in [5.74, 6) is 0.660. The smallest absolute Gasteiger partial charge is 0.0342 e. The Balaban J connectivity index is 2.54. The van der Waals surface area contributed by atoms with Crippen LogP contribution in [0.1, 0.15) is 13.3 Å². The normalized spacial score (nSPS) is 43.2. The second-order valence-corrected chi connectivity index (χ2v) is 3.41. The van der Waals surface area contributed by atoms with Crippen LogP contribution in [0.3, 0.4) is 0 Å². The second kappa shape index (κ2) is 2.76. The number of hydrogen-bond donors (Lipinski definition) is 2. The molecule has 0 aromatic heterocycles. The molecule has 1 aliphatic rings. The third kappa shape index (κ3) is 1.73. The molecule has 0 amide bonds. The molecule has 3 unspecified atom stereocenters. The van der Waals surface area contributed by atoms with E-state index >= 15 is 0 Å². The number of nitrogens with two attached hydrogens (primary N) is 1. The van der Waals surface area contributed by atoms with E-state index in [1.54, 1.807) is 0 Å². The molecule has 0 bridgehead atoms. The second-order valence-electron chi connectivity index (χ2n) is 2.74. The van der Waals surface area contributed by atoms with Gasteiger partial charge in [-0.15, -0.1) is 0 Å². The first kappa shape index (κ1) is 7.16. The van der Waals surface area contributed by atoms with Crippen molar-refractivity contribution in [3.8, 4) is 0 Å². The van der Waals surface area contributed by atoms with E-state index in [9.17, 15) is 0 Å². The monoisotopic (exact) mass is 143 g/mol. The van der Waals surface area contributed by atoms with Crippen LogP contribution < -0.4 is 5.73 Å². The third-order valence-corrected chi connectivity index (χ3v) is 2.27. The summed E-state index contributed by atoms with van der Waals surface area (Å²) in [5.41, 5.74) is 5.68. The van der Waals surface area contributed by atoms with E-state index in [0.29, 0.717) is 11.2 Å². The molecule has 9 heavy (non-hydrogen) atoms. The van der Waals surface area contributed by atoms with Gasteiger partial charge in [0.1, 0.15) is 0 Å². The van der Waals surface area contributed by atoms with Crippen LogP contribution in [0.25, 0.3) is 0 Å². The maximum atomic E-state index is 5.68. The highest BCUT2D eigenvalue weighted by molar-refractivity contribution is 7.81. The van der Waals surface area contributed by atoms with Crippen molar-refractivity contribution in [2.24, 2.45) is 11.7 Å². The molecular formula is C7H13NS. The van der Waals surface area contributed by atoms with Gasteiger partial charge in [-0.2, -0.15) is 12.6 Å². The zero-order valence-electron chi connectivity index (χ0n) is 5.62. The van der Waals surface area contributed by atoms with Crippen LogP contribution in [0.15, 0.2) is 12.2 Å². The number of rotatable bonds is 0. The van der Waals surface area contributed by atoms with Gasteiger partial charge < -0.3 is 5.73 Å². The van der Waals surface area contributed by atoms with Gasteiger partial charge in [0, 0.05) is 11.3 Å². The number of hydrogen-bond acceptors (Lipinski definition) is 2. The Morgan fingerprint density at radius 3 is 2.67 bits per heavy atom. The molecule has 1 nitrogen and oxygen atoms in total. The fraction of sp³-hybridized carbons (Fsp3) is 0.714. The topological polar surface area (TPSA) is 26.0 Å². The molecule has 0 saturated carbocycles. The van der Waals surface area contributed by atoms with Gasteiger partial charge in [-0.25, -0.2) is 0 Å². The van der Waals surface area contributed by atoms with Crippen LogP contribution >= 0.6 is 12.6 Å². The molecule has 0 fully saturated rings. The van der Waals surface area contributed by atoms with Crippen LogP contribution in [-0.2, 0) is 0 Å². The minimum Gasteiger partial charge on any atom is -0.324 e. The lowest BCUT2D eigenvalue weighted by Crippen LogP contribution is -2.32. The minimum absolute atomic E-state index is 0.171. The SMILES string of the molecule is CC1C=CC(N)C(S)C1. The van der Waals surface area contributed by atoms with Crippen LogP contribution in [0.2, 0.25) is 0 Å². The van der Waals surface area contributed by atoms with Crippen molar-refractivity contribution in [2.45, 2.75) is 24.6 Å². The Kier molecular flexibility index (Phi) is 2.19. The lowest BCUT2D eigenvalue weighted by molar-refractivity contribution is 0.558. The van der Waals surface area contributed by atoms with E-state index in [-0.39, 0.29) is 6.04 Å². The summed E-state index contributed by atoms with van der Waals surface area (Å²) in [4.78, 5) is 0. The molecule has 0 aromatic carbocycles. The van der Waals surface area contributed by atoms with E-state index in [2.05, 4.69) is 25.6 Å². The Labute approximate surface area is 61.7 Å². The molecular weight excluding hydrogens is 130 g/mol. The summed E-state index contributed by atoms with van der Waals surface area (Å²) >= 11 is 4.34. The van der Waals surface area contributed by atoms with Crippen molar-refractivity contribution < 1.29 is 0 Å². The highest BCUT2D eigenvalue weighted by Gasteiger charge is 2.17. The van der Waals surface area contributed by atoms with Crippen molar-refractivity contribution in [3.05, 3.63) is 12.2 Å². The number of thiol groups is 1. The van der Waals surface area contributed by atoms with E-state index in [0.717, 1.165) is 6.42 Å². The number of allylic oxidation sites excluding steroid dienone is 1. The summed E-state index contributed by atoms with van der Waals surface area (Å²) in [7, 11) is 0. The summed E-state index contributed by atoms with van der Waals surface area (Å²) in [5, 5.41) is 0.366. The minimum atomic E-state index is 0.171. The van der Waals surface area contributed by atoms with Crippen molar-refractivity contribution >= 4 is 12.6 Å². The van der Waals surface area contributed by atoms with E-state index in [1.807, 2.05) is 6.08 Å². The fourth-order valence-electron chi connectivity index (χ4n) is 1.06.